The van der Waals surface area contributed by atoms with Crippen LogP contribution in [0.5, 0.6) is 5.75 Å². The lowest BCUT2D eigenvalue weighted by Gasteiger charge is -2.17. The maximum Gasteiger partial charge on any atom is 0.316 e. The Hall–Kier alpha value is -3.11. The standard InChI is InChI=1S/C23H20ClFN4O5S2/c1-2-34-21-10-19-16(9-20(21)29-22(30)8-15-5-6-35(31)36(15,32)33)23(13(11-26)12-27-19)28-14-3-4-18(25)17(24)7-14/h3-4,7,9-10,12,15H,2,5-6,8H2,1H3,(H,27,28)(H,29,30). The van der Waals surface area contributed by atoms with Gasteiger partial charge >= 0.3 is 8.87 Å². The topological polar surface area (TPSA) is 144 Å². The molecule has 2 unspecified atom stereocenters. The van der Waals surface area contributed by atoms with Gasteiger partial charge in [-0.25, -0.2) is 4.39 Å². The van der Waals surface area contributed by atoms with Gasteiger partial charge in [0.25, 0.3) is 0 Å². The molecule has 1 saturated heterocycles. The molecule has 1 fully saturated rings. The van der Waals surface area contributed by atoms with E-state index in [1.54, 1.807) is 19.1 Å². The van der Waals surface area contributed by atoms with E-state index < -0.39 is 36.1 Å². The van der Waals surface area contributed by atoms with Crippen LogP contribution in [0.3, 0.4) is 0 Å². The number of fused-ring (bicyclic) bond motifs is 1. The second-order valence-electron chi connectivity index (χ2n) is 7.87. The first-order valence-corrected chi connectivity index (χ1v) is 14.5. The highest BCUT2D eigenvalue weighted by Crippen LogP contribution is 2.37. The van der Waals surface area contributed by atoms with E-state index in [1.807, 2.05) is 6.07 Å². The number of anilines is 3. The first-order chi connectivity index (χ1) is 17.1. The van der Waals surface area contributed by atoms with Crippen LogP contribution in [0.4, 0.5) is 21.5 Å². The molecule has 4 rings (SSSR count). The van der Waals surface area contributed by atoms with Crippen molar-refractivity contribution >= 4 is 64.6 Å². The molecule has 9 nitrogen and oxygen atoms in total. The summed E-state index contributed by atoms with van der Waals surface area (Å²) < 4.78 is 55.3. The highest BCUT2D eigenvalue weighted by atomic mass is 35.5. The fraction of sp³-hybridized carbons (Fsp3) is 0.261. The van der Waals surface area contributed by atoms with Crippen LogP contribution in [-0.4, -0.2) is 41.5 Å². The van der Waals surface area contributed by atoms with Crippen LogP contribution in [0.1, 0.15) is 25.3 Å². The Morgan fingerprint density at radius 1 is 1.39 bits per heavy atom. The number of pyridine rings is 1. The summed E-state index contributed by atoms with van der Waals surface area (Å²) in [7, 11) is -5.87. The quantitative estimate of drug-likeness (QED) is 0.328. The van der Waals surface area contributed by atoms with E-state index in [0.717, 1.165) is 0 Å². The molecule has 2 aromatic carbocycles. The Bertz CT molecular complexity index is 1500. The van der Waals surface area contributed by atoms with Crippen LogP contribution in [0.25, 0.3) is 10.9 Å². The van der Waals surface area contributed by atoms with E-state index in [-0.39, 0.29) is 41.5 Å². The molecule has 36 heavy (non-hydrogen) atoms. The maximum absolute atomic E-state index is 13.6. The fourth-order valence-corrected chi connectivity index (χ4v) is 8.28. The van der Waals surface area contributed by atoms with E-state index in [0.29, 0.717) is 28.0 Å². The molecule has 0 bridgehead atoms. The molecular formula is C23H20ClFN4O5S2. The van der Waals surface area contributed by atoms with E-state index in [2.05, 4.69) is 15.6 Å². The number of carbonyl (C=O) groups excluding carboxylic acids is 1. The number of ether oxygens (including phenoxy) is 1. The van der Waals surface area contributed by atoms with Gasteiger partial charge in [0.1, 0.15) is 28.6 Å². The molecule has 0 aliphatic carbocycles. The third kappa shape index (κ3) is 5.19. The van der Waals surface area contributed by atoms with Gasteiger partial charge < -0.3 is 19.9 Å². The van der Waals surface area contributed by atoms with Crippen LogP contribution in [0, 0.1) is 17.1 Å². The number of nitrogens with one attached hydrogen (secondary N) is 2. The van der Waals surface area contributed by atoms with Gasteiger partial charge in [-0.05, 0) is 31.2 Å². The molecule has 13 heteroatoms. The SMILES string of the molecule is CCOc1cc2ncc(C#N)c(Nc3ccc(F)c(Cl)c3)c2cc1NC(=O)CC1CC[S+]([O-])S1(=O)=O. The molecule has 1 aromatic heterocycles. The fourth-order valence-electron chi connectivity index (χ4n) is 3.78. The van der Waals surface area contributed by atoms with Crippen molar-refractivity contribution in [3.05, 3.63) is 52.9 Å². The van der Waals surface area contributed by atoms with Gasteiger partial charge in [-0.15, -0.1) is 0 Å². The summed E-state index contributed by atoms with van der Waals surface area (Å²) in [6, 6.07) is 9.20. The van der Waals surface area contributed by atoms with E-state index >= 15 is 0 Å². The second-order valence-corrected chi connectivity index (χ2v) is 13.5. The molecule has 1 aliphatic rings. The van der Waals surface area contributed by atoms with Crippen LogP contribution >= 0.6 is 11.6 Å². The normalized spacial score (nSPS) is 18.5. The van der Waals surface area contributed by atoms with Crippen molar-refractivity contribution in [3.8, 4) is 11.8 Å². The van der Waals surface area contributed by atoms with Gasteiger partial charge in [-0.1, -0.05) is 11.6 Å². The Morgan fingerprint density at radius 3 is 2.81 bits per heavy atom. The van der Waals surface area contributed by atoms with Gasteiger partial charge in [0, 0.05) is 36.2 Å². The minimum atomic E-state index is -3.88. The molecule has 188 valence electrons. The van der Waals surface area contributed by atoms with E-state index in [4.69, 9.17) is 16.3 Å². The van der Waals surface area contributed by atoms with Crippen molar-refractivity contribution in [1.82, 2.24) is 4.98 Å². The zero-order chi connectivity index (χ0) is 26.0. The van der Waals surface area contributed by atoms with Crippen LogP contribution in [0.2, 0.25) is 5.02 Å². The lowest BCUT2D eigenvalue weighted by Crippen LogP contribution is -2.25. The number of aromatic nitrogens is 1. The van der Waals surface area contributed by atoms with Crippen LogP contribution in [-0.2, 0) is 23.9 Å². The summed E-state index contributed by atoms with van der Waals surface area (Å²) in [6.45, 7) is 2.04. The zero-order valence-corrected chi connectivity index (χ0v) is 21.3. The molecule has 2 N–H and O–H groups in total. The van der Waals surface area contributed by atoms with Crippen LogP contribution < -0.4 is 15.4 Å². The first-order valence-electron chi connectivity index (χ1n) is 10.8. The number of nitrogens with zero attached hydrogens (tertiary/aromatic N) is 2. The van der Waals surface area contributed by atoms with E-state index in [1.165, 1.54) is 24.4 Å². The Labute approximate surface area is 214 Å². The van der Waals surface area contributed by atoms with Crippen molar-refractivity contribution in [3.63, 3.8) is 0 Å². The monoisotopic (exact) mass is 550 g/mol. The van der Waals surface area contributed by atoms with Crippen molar-refractivity contribution < 1.29 is 26.9 Å². The third-order valence-electron chi connectivity index (χ3n) is 5.54. The number of carbonyl (C=O) groups is 1. The number of halogens is 2. The number of hydrogen-bond acceptors (Lipinski definition) is 8. The average Bonchev–Trinajstić information content (AvgIpc) is 3.08. The molecule has 1 aliphatic heterocycles. The highest BCUT2D eigenvalue weighted by Gasteiger charge is 2.45. The second kappa shape index (κ2) is 10.5. The average molecular weight is 551 g/mol. The molecule has 2 atom stereocenters. The predicted molar refractivity (Wildman–Crippen MR) is 136 cm³/mol. The number of hydrogen-bond donors (Lipinski definition) is 2. The molecule has 1 amide bonds. The summed E-state index contributed by atoms with van der Waals surface area (Å²) in [6.07, 6.45) is 1.16. The third-order valence-corrected chi connectivity index (χ3v) is 11.0. The minimum Gasteiger partial charge on any atom is -0.601 e. The lowest BCUT2D eigenvalue weighted by atomic mass is 10.1. The van der Waals surface area contributed by atoms with Crippen molar-refractivity contribution in [2.45, 2.75) is 25.0 Å². The van der Waals surface area contributed by atoms with Gasteiger partial charge in [0.15, 0.2) is 0 Å². The molecular weight excluding hydrogens is 531 g/mol. The molecule has 2 heterocycles. The number of rotatable bonds is 7. The predicted octanol–water partition coefficient (Wildman–Crippen LogP) is 4.22. The molecule has 0 radical (unpaired) electrons. The largest absolute Gasteiger partial charge is 0.601 e. The van der Waals surface area contributed by atoms with Gasteiger partial charge in [-0.2, -0.15) is 13.7 Å². The summed E-state index contributed by atoms with van der Waals surface area (Å²) >= 11 is 5.89. The Morgan fingerprint density at radius 2 is 2.17 bits per heavy atom. The summed E-state index contributed by atoms with van der Waals surface area (Å²) in [4.78, 5) is 17.1. The number of amides is 1. The van der Waals surface area contributed by atoms with Gasteiger partial charge in [0.05, 0.1) is 44.3 Å². The molecule has 0 saturated carbocycles. The van der Waals surface area contributed by atoms with Gasteiger partial charge in [-0.3, -0.25) is 9.78 Å². The molecule has 3 aromatic rings. The number of nitriles is 1. The Balaban J connectivity index is 1.73. The van der Waals surface area contributed by atoms with E-state index in [9.17, 15) is 27.4 Å². The molecule has 0 spiro atoms. The van der Waals surface area contributed by atoms with Crippen molar-refractivity contribution in [1.29, 1.82) is 5.26 Å². The summed E-state index contributed by atoms with van der Waals surface area (Å²) in [5, 5.41) is 14.7. The van der Waals surface area contributed by atoms with Gasteiger partial charge in [0.2, 0.25) is 5.91 Å². The van der Waals surface area contributed by atoms with Crippen molar-refractivity contribution in [2.75, 3.05) is 23.0 Å². The summed E-state index contributed by atoms with van der Waals surface area (Å²) in [5.74, 6) is -0.885. The maximum atomic E-state index is 13.6. The highest BCUT2D eigenvalue weighted by molar-refractivity contribution is 8.67. The Kier molecular flexibility index (Phi) is 7.56. The summed E-state index contributed by atoms with van der Waals surface area (Å²) in [5.41, 5.74) is 1.63. The number of benzene rings is 2. The van der Waals surface area contributed by atoms with Crippen molar-refractivity contribution in [2.24, 2.45) is 0 Å². The zero-order valence-electron chi connectivity index (χ0n) is 18.9. The lowest BCUT2D eigenvalue weighted by molar-refractivity contribution is -0.116. The minimum absolute atomic E-state index is 0.00544. The van der Waals surface area contributed by atoms with Crippen LogP contribution in [0.15, 0.2) is 36.5 Å². The smallest absolute Gasteiger partial charge is 0.316 e. The first kappa shape index (κ1) is 26.0.